The summed E-state index contributed by atoms with van der Waals surface area (Å²) in [7, 11) is 0. The van der Waals surface area contributed by atoms with Crippen molar-refractivity contribution in [3.8, 4) is 0 Å². The Hall–Kier alpha value is -2.14. The number of aromatic nitrogens is 2. The fraction of sp³-hybridized carbons (Fsp3) is 0.474. The van der Waals surface area contributed by atoms with Crippen LogP contribution in [-0.4, -0.2) is 33.2 Å². The summed E-state index contributed by atoms with van der Waals surface area (Å²) in [5, 5.41) is 7.94. The monoisotopic (exact) mass is 324 g/mol. The molecule has 1 amide bonds. The molecule has 5 nitrogen and oxygen atoms in total. The Kier molecular flexibility index (Phi) is 4.10. The lowest BCUT2D eigenvalue weighted by Gasteiger charge is -2.27. The maximum absolute atomic E-state index is 12.7. The Bertz CT molecular complexity index is 721. The molecule has 2 aliphatic rings. The number of carbonyl (C=O) groups is 1. The molecular formula is C19H24N4O. The van der Waals surface area contributed by atoms with Crippen LogP contribution in [0.25, 0.3) is 0 Å². The van der Waals surface area contributed by atoms with E-state index in [9.17, 15) is 4.79 Å². The van der Waals surface area contributed by atoms with Gasteiger partial charge in [-0.05, 0) is 37.8 Å². The predicted octanol–water partition coefficient (Wildman–Crippen LogP) is 2.42. The Labute approximate surface area is 142 Å². The molecule has 0 saturated carbocycles. The first-order valence-electron chi connectivity index (χ1n) is 8.83. The largest absolute Gasteiger partial charge is 0.337 e. The smallest absolute Gasteiger partial charge is 0.240 e. The molecule has 2 aromatic rings. The van der Waals surface area contributed by atoms with Crippen molar-refractivity contribution in [2.75, 3.05) is 6.54 Å². The molecule has 0 bridgehead atoms. The average molecular weight is 324 g/mol. The number of benzene rings is 1. The van der Waals surface area contributed by atoms with Crippen LogP contribution >= 0.6 is 0 Å². The number of likely N-dealkylation sites (tertiary alicyclic amines) is 1. The number of carbonyl (C=O) groups excluding carboxylic acids is 1. The molecule has 3 heterocycles. The van der Waals surface area contributed by atoms with Crippen LogP contribution in [0, 0.1) is 6.92 Å². The minimum Gasteiger partial charge on any atom is -0.337 e. The van der Waals surface area contributed by atoms with E-state index in [0.29, 0.717) is 6.54 Å². The van der Waals surface area contributed by atoms with E-state index in [1.807, 2.05) is 11.1 Å². The van der Waals surface area contributed by atoms with Crippen molar-refractivity contribution < 1.29 is 4.79 Å². The zero-order valence-electron chi connectivity index (χ0n) is 14.1. The SMILES string of the molecule is Cc1ccc(CN2CCC(NC3CCCn4nccc43)C2=O)cc1. The second kappa shape index (κ2) is 6.40. The van der Waals surface area contributed by atoms with Gasteiger partial charge in [0.25, 0.3) is 0 Å². The molecule has 126 valence electrons. The van der Waals surface area contributed by atoms with Gasteiger partial charge in [0.05, 0.1) is 11.7 Å². The fourth-order valence-electron chi connectivity index (χ4n) is 3.79. The van der Waals surface area contributed by atoms with Gasteiger partial charge in [0.1, 0.15) is 0 Å². The summed E-state index contributed by atoms with van der Waals surface area (Å²) < 4.78 is 2.06. The predicted molar refractivity (Wildman–Crippen MR) is 92.3 cm³/mol. The topological polar surface area (TPSA) is 50.2 Å². The second-order valence-electron chi connectivity index (χ2n) is 6.93. The lowest BCUT2D eigenvalue weighted by Crippen LogP contribution is -2.41. The zero-order chi connectivity index (χ0) is 16.5. The molecule has 2 aliphatic heterocycles. The molecule has 1 N–H and O–H groups in total. The summed E-state index contributed by atoms with van der Waals surface area (Å²) in [4.78, 5) is 14.7. The Morgan fingerprint density at radius 2 is 1.96 bits per heavy atom. The molecule has 2 atom stereocenters. The van der Waals surface area contributed by atoms with Gasteiger partial charge in [-0.1, -0.05) is 29.8 Å². The Morgan fingerprint density at radius 1 is 1.12 bits per heavy atom. The lowest BCUT2D eigenvalue weighted by molar-refractivity contribution is -0.130. The van der Waals surface area contributed by atoms with E-state index in [4.69, 9.17) is 0 Å². The Morgan fingerprint density at radius 3 is 2.79 bits per heavy atom. The number of amides is 1. The van der Waals surface area contributed by atoms with Crippen LogP contribution in [0.15, 0.2) is 36.5 Å². The van der Waals surface area contributed by atoms with E-state index in [-0.39, 0.29) is 18.0 Å². The number of fused-ring (bicyclic) bond motifs is 1. The summed E-state index contributed by atoms with van der Waals surface area (Å²) in [5.41, 5.74) is 3.66. The standard InChI is InChI=1S/C19H24N4O/c1-14-4-6-15(7-5-14)13-22-12-9-17(19(22)24)21-16-3-2-11-23-18(16)8-10-20-23/h4-8,10,16-17,21H,2-3,9,11-13H2,1H3. The highest BCUT2D eigenvalue weighted by molar-refractivity contribution is 5.84. The molecule has 4 rings (SSSR count). The maximum atomic E-state index is 12.7. The number of hydrogen-bond donors (Lipinski definition) is 1. The van der Waals surface area contributed by atoms with E-state index < -0.39 is 0 Å². The summed E-state index contributed by atoms with van der Waals surface area (Å²) in [6.45, 7) is 4.61. The highest BCUT2D eigenvalue weighted by Crippen LogP contribution is 2.26. The average Bonchev–Trinajstić information content (AvgIpc) is 3.19. The van der Waals surface area contributed by atoms with Crippen molar-refractivity contribution in [2.45, 2.75) is 51.4 Å². The van der Waals surface area contributed by atoms with Crippen LogP contribution in [0.1, 0.15) is 42.1 Å². The fourth-order valence-corrected chi connectivity index (χ4v) is 3.79. The summed E-state index contributed by atoms with van der Waals surface area (Å²) in [5.74, 6) is 0.229. The van der Waals surface area contributed by atoms with Crippen molar-refractivity contribution in [3.63, 3.8) is 0 Å². The van der Waals surface area contributed by atoms with E-state index in [2.05, 4.69) is 52.4 Å². The first kappa shape index (κ1) is 15.4. The third kappa shape index (κ3) is 2.96. The summed E-state index contributed by atoms with van der Waals surface area (Å²) in [6, 6.07) is 10.7. The van der Waals surface area contributed by atoms with Crippen molar-refractivity contribution in [2.24, 2.45) is 0 Å². The third-order valence-corrected chi connectivity index (χ3v) is 5.16. The number of hydrogen-bond acceptors (Lipinski definition) is 3. The van der Waals surface area contributed by atoms with E-state index in [0.717, 1.165) is 32.4 Å². The molecule has 1 saturated heterocycles. The first-order valence-corrected chi connectivity index (χ1v) is 8.83. The minimum absolute atomic E-state index is 0.0677. The molecule has 1 aromatic heterocycles. The van der Waals surface area contributed by atoms with Crippen molar-refractivity contribution in [1.82, 2.24) is 20.0 Å². The van der Waals surface area contributed by atoms with Crippen LogP contribution < -0.4 is 5.32 Å². The number of nitrogens with zero attached hydrogens (tertiary/aromatic N) is 3. The second-order valence-corrected chi connectivity index (χ2v) is 6.93. The van der Waals surface area contributed by atoms with Crippen LogP contribution in [0.3, 0.4) is 0 Å². The van der Waals surface area contributed by atoms with Crippen molar-refractivity contribution in [1.29, 1.82) is 0 Å². The third-order valence-electron chi connectivity index (χ3n) is 5.16. The molecule has 24 heavy (non-hydrogen) atoms. The van der Waals surface area contributed by atoms with Crippen LogP contribution in [0.2, 0.25) is 0 Å². The van der Waals surface area contributed by atoms with Gasteiger partial charge >= 0.3 is 0 Å². The molecular weight excluding hydrogens is 300 g/mol. The molecule has 1 aromatic carbocycles. The molecule has 0 aliphatic carbocycles. The van der Waals surface area contributed by atoms with E-state index in [1.165, 1.54) is 16.8 Å². The molecule has 5 heteroatoms. The van der Waals surface area contributed by atoms with Crippen LogP contribution in [-0.2, 0) is 17.9 Å². The van der Waals surface area contributed by atoms with Crippen molar-refractivity contribution in [3.05, 3.63) is 53.3 Å². The van der Waals surface area contributed by atoms with Gasteiger partial charge < -0.3 is 4.90 Å². The van der Waals surface area contributed by atoms with Crippen LogP contribution in [0.4, 0.5) is 0 Å². The zero-order valence-corrected chi connectivity index (χ0v) is 14.1. The maximum Gasteiger partial charge on any atom is 0.240 e. The van der Waals surface area contributed by atoms with Gasteiger partial charge in [0, 0.05) is 31.9 Å². The van der Waals surface area contributed by atoms with Gasteiger partial charge in [-0.2, -0.15) is 5.10 Å². The highest BCUT2D eigenvalue weighted by atomic mass is 16.2. The van der Waals surface area contributed by atoms with E-state index >= 15 is 0 Å². The number of rotatable bonds is 4. The Balaban J connectivity index is 1.40. The van der Waals surface area contributed by atoms with Crippen LogP contribution in [0.5, 0.6) is 0 Å². The summed E-state index contributed by atoms with van der Waals surface area (Å²) >= 11 is 0. The normalized spacial score (nSPS) is 23.5. The van der Waals surface area contributed by atoms with Gasteiger partial charge in [-0.15, -0.1) is 0 Å². The summed E-state index contributed by atoms with van der Waals surface area (Å²) in [6.07, 6.45) is 4.93. The highest BCUT2D eigenvalue weighted by Gasteiger charge is 2.34. The lowest BCUT2D eigenvalue weighted by atomic mass is 10.0. The van der Waals surface area contributed by atoms with Crippen molar-refractivity contribution >= 4 is 5.91 Å². The van der Waals surface area contributed by atoms with E-state index in [1.54, 1.807) is 0 Å². The molecule has 0 spiro atoms. The molecule has 0 radical (unpaired) electrons. The molecule has 2 unspecified atom stereocenters. The quantitative estimate of drug-likeness (QED) is 0.940. The first-order chi connectivity index (χ1) is 11.7. The molecule has 1 fully saturated rings. The number of nitrogens with one attached hydrogen (secondary N) is 1. The number of aryl methyl sites for hydroxylation is 2. The van der Waals surface area contributed by atoms with Gasteiger partial charge in [0.2, 0.25) is 5.91 Å². The van der Waals surface area contributed by atoms with Gasteiger partial charge in [-0.25, -0.2) is 0 Å². The van der Waals surface area contributed by atoms with Gasteiger partial charge in [-0.3, -0.25) is 14.8 Å². The van der Waals surface area contributed by atoms with Gasteiger partial charge in [0.15, 0.2) is 0 Å². The minimum atomic E-state index is -0.0677.